The molecule has 2 aromatic carbocycles. The Labute approximate surface area is 143 Å². The molecular weight excluding hydrogens is 300 g/mol. The number of anilines is 1. The molecule has 0 aliphatic carbocycles. The van der Waals surface area contributed by atoms with E-state index in [2.05, 4.69) is 31.3 Å². The van der Waals surface area contributed by atoms with E-state index < -0.39 is 5.91 Å². The maximum Gasteiger partial charge on any atom is 0.250 e. The molecule has 0 spiro atoms. The van der Waals surface area contributed by atoms with Gasteiger partial charge in [-0.3, -0.25) is 9.59 Å². The number of carbonyl (C=O) groups is 2. The largest absolute Gasteiger partial charge is 0.366 e. The van der Waals surface area contributed by atoms with Crippen molar-refractivity contribution in [2.75, 3.05) is 5.32 Å². The van der Waals surface area contributed by atoms with Crippen molar-refractivity contribution in [2.45, 2.75) is 33.1 Å². The summed E-state index contributed by atoms with van der Waals surface area (Å²) in [6, 6.07) is 14.9. The number of carbonyl (C=O) groups excluding carboxylic acids is 2. The van der Waals surface area contributed by atoms with E-state index >= 15 is 0 Å². The van der Waals surface area contributed by atoms with E-state index in [9.17, 15) is 9.59 Å². The predicted molar refractivity (Wildman–Crippen MR) is 97.0 cm³/mol. The first-order valence-electron chi connectivity index (χ1n) is 8.17. The van der Waals surface area contributed by atoms with Crippen LogP contribution in [0.5, 0.6) is 0 Å². The first-order valence-corrected chi connectivity index (χ1v) is 8.17. The van der Waals surface area contributed by atoms with Crippen LogP contribution in [0.2, 0.25) is 0 Å². The van der Waals surface area contributed by atoms with Crippen molar-refractivity contribution >= 4 is 17.5 Å². The first-order chi connectivity index (χ1) is 11.4. The molecule has 0 radical (unpaired) electrons. The third kappa shape index (κ3) is 4.44. The van der Waals surface area contributed by atoms with Crippen LogP contribution in [-0.4, -0.2) is 11.8 Å². The summed E-state index contributed by atoms with van der Waals surface area (Å²) in [6.07, 6.45) is 1.02. The Morgan fingerprint density at radius 1 is 1.00 bits per heavy atom. The van der Waals surface area contributed by atoms with Gasteiger partial charge in [0.05, 0.1) is 17.2 Å². The Hall–Kier alpha value is -2.62. The molecule has 0 bridgehead atoms. The van der Waals surface area contributed by atoms with Crippen LogP contribution in [0, 0.1) is 5.92 Å². The molecule has 1 unspecified atom stereocenters. The van der Waals surface area contributed by atoms with Crippen molar-refractivity contribution in [1.29, 1.82) is 0 Å². The molecule has 0 fully saturated rings. The van der Waals surface area contributed by atoms with Gasteiger partial charge in [0.25, 0.3) is 5.91 Å². The number of nitrogens with two attached hydrogens (primary N) is 1. The van der Waals surface area contributed by atoms with Gasteiger partial charge in [-0.15, -0.1) is 0 Å². The third-order valence-electron chi connectivity index (χ3n) is 3.97. The standard InChI is InChI=1S/C20H24N2O2/c1-13(2)12-15-8-10-16(11-9-15)14(3)20(24)22-18-7-5-4-6-17(18)19(21)23/h4-11,13-14H,12H2,1-3H3,(H2,21,23)(H,22,24). The van der Waals surface area contributed by atoms with Gasteiger partial charge in [-0.1, -0.05) is 50.2 Å². The van der Waals surface area contributed by atoms with Crippen LogP contribution in [0.25, 0.3) is 0 Å². The molecule has 0 heterocycles. The number of para-hydroxylation sites is 1. The van der Waals surface area contributed by atoms with E-state index in [1.807, 2.05) is 19.1 Å². The fraction of sp³-hybridized carbons (Fsp3) is 0.300. The molecule has 0 saturated carbocycles. The molecule has 0 saturated heterocycles. The lowest BCUT2D eigenvalue weighted by atomic mass is 9.96. The van der Waals surface area contributed by atoms with Gasteiger partial charge in [-0.2, -0.15) is 0 Å². The van der Waals surface area contributed by atoms with E-state index in [0.717, 1.165) is 12.0 Å². The highest BCUT2D eigenvalue weighted by Crippen LogP contribution is 2.21. The second-order valence-electron chi connectivity index (χ2n) is 6.46. The van der Waals surface area contributed by atoms with Gasteiger partial charge >= 0.3 is 0 Å². The zero-order valence-corrected chi connectivity index (χ0v) is 14.4. The van der Waals surface area contributed by atoms with Crippen LogP contribution >= 0.6 is 0 Å². The molecule has 0 aromatic heterocycles. The fourth-order valence-corrected chi connectivity index (χ4v) is 2.61. The second kappa shape index (κ2) is 7.77. The summed E-state index contributed by atoms with van der Waals surface area (Å²) in [5.74, 6) is -0.446. The highest BCUT2D eigenvalue weighted by Gasteiger charge is 2.17. The summed E-state index contributed by atoms with van der Waals surface area (Å²) >= 11 is 0. The number of hydrogen-bond donors (Lipinski definition) is 2. The monoisotopic (exact) mass is 324 g/mol. The maximum atomic E-state index is 12.5. The smallest absolute Gasteiger partial charge is 0.250 e. The molecule has 126 valence electrons. The van der Waals surface area contributed by atoms with Gasteiger partial charge < -0.3 is 11.1 Å². The van der Waals surface area contributed by atoms with Crippen molar-refractivity contribution in [1.82, 2.24) is 0 Å². The number of nitrogens with one attached hydrogen (secondary N) is 1. The zero-order valence-electron chi connectivity index (χ0n) is 14.4. The molecule has 2 amide bonds. The molecular formula is C20H24N2O2. The highest BCUT2D eigenvalue weighted by atomic mass is 16.2. The van der Waals surface area contributed by atoms with Gasteiger partial charge in [0, 0.05) is 0 Å². The predicted octanol–water partition coefficient (Wildman–Crippen LogP) is 3.73. The lowest BCUT2D eigenvalue weighted by molar-refractivity contribution is -0.117. The van der Waals surface area contributed by atoms with E-state index in [0.29, 0.717) is 17.2 Å². The van der Waals surface area contributed by atoms with Crippen molar-refractivity contribution < 1.29 is 9.59 Å². The van der Waals surface area contributed by atoms with E-state index in [-0.39, 0.29) is 11.8 Å². The Morgan fingerprint density at radius 2 is 1.62 bits per heavy atom. The van der Waals surface area contributed by atoms with Gasteiger partial charge in [0.2, 0.25) is 5.91 Å². The minimum absolute atomic E-state index is 0.166. The summed E-state index contributed by atoms with van der Waals surface area (Å²) < 4.78 is 0. The normalized spacial score (nSPS) is 12.0. The van der Waals surface area contributed by atoms with E-state index in [1.165, 1.54) is 5.56 Å². The van der Waals surface area contributed by atoms with Crippen LogP contribution in [0.1, 0.15) is 48.2 Å². The average Bonchev–Trinajstić information content (AvgIpc) is 2.54. The minimum Gasteiger partial charge on any atom is -0.366 e. The summed E-state index contributed by atoms with van der Waals surface area (Å²) in [7, 11) is 0. The first kappa shape index (κ1) is 17.7. The SMILES string of the molecule is CC(C)Cc1ccc(C(C)C(=O)Nc2ccccc2C(N)=O)cc1. The van der Waals surface area contributed by atoms with Crippen molar-refractivity contribution in [2.24, 2.45) is 11.7 Å². The summed E-state index contributed by atoms with van der Waals surface area (Å²) in [5.41, 5.74) is 8.30. The van der Waals surface area contributed by atoms with Crippen LogP contribution in [-0.2, 0) is 11.2 Å². The maximum absolute atomic E-state index is 12.5. The zero-order chi connectivity index (χ0) is 17.7. The van der Waals surface area contributed by atoms with Gasteiger partial charge in [0.1, 0.15) is 0 Å². The lowest BCUT2D eigenvalue weighted by Gasteiger charge is -2.15. The number of benzene rings is 2. The second-order valence-corrected chi connectivity index (χ2v) is 6.46. The number of hydrogen-bond acceptors (Lipinski definition) is 2. The van der Waals surface area contributed by atoms with Gasteiger partial charge in [0.15, 0.2) is 0 Å². The van der Waals surface area contributed by atoms with Crippen molar-refractivity contribution in [3.63, 3.8) is 0 Å². The molecule has 3 N–H and O–H groups in total. The van der Waals surface area contributed by atoms with E-state index in [4.69, 9.17) is 5.73 Å². The van der Waals surface area contributed by atoms with Gasteiger partial charge in [-0.05, 0) is 42.5 Å². The molecule has 2 aromatic rings. The van der Waals surface area contributed by atoms with E-state index in [1.54, 1.807) is 24.3 Å². The molecule has 1 atom stereocenters. The van der Waals surface area contributed by atoms with Crippen molar-refractivity contribution in [3.8, 4) is 0 Å². The molecule has 24 heavy (non-hydrogen) atoms. The quantitative estimate of drug-likeness (QED) is 0.850. The molecule has 4 heteroatoms. The Morgan fingerprint density at radius 3 is 2.21 bits per heavy atom. The molecule has 4 nitrogen and oxygen atoms in total. The minimum atomic E-state index is -0.559. The Balaban J connectivity index is 2.11. The number of amides is 2. The summed E-state index contributed by atoms with van der Waals surface area (Å²) in [4.78, 5) is 23.9. The summed E-state index contributed by atoms with van der Waals surface area (Å²) in [5, 5.41) is 2.80. The lowest BCUT2D eigenvalue weighted by Crippen LogP contribution is -2.22. The van der Waals surface area contributed by atoms with Crippen LogP contribution in [0.4, 0.5) is 5.69 Å². The van der Waals surface area contributed by atoms with Crippen LogP contribution in [0.15, 0.2) is 48.5 Å². The highest BCUT2D eigenvalue weighted by molar-refractivity contribution is 6.04. The average molecular weight is 324 g/mol. The molecule has 0 aliphatic heterocycles. The van der Waals surface area contributed by atoms with Crippen LogP contribution in [0.3, 0.4) is 0 Å². The fourth-order valence-electron chi connectivity index (χ4n) is 2.61. The molecule has 2 rings (SSSR count). The van der Waals surface area contributed by atoms with Crippen LogP contribution < -0.4 is 11.1 Å². The summed E-state index contributed by atoms with van der Waals surface area (Å²) in [6.45, 7) is 6.21. The Bertz CT molecular complexity index is 721. The number of primary amides is 1. The Kier molecular flexibility index (Phi) is 5.74. The number of rotatable bonds is 6. The van der Waals surface area contributed by atoms with Crippen molar-refractivity contribution in [3.05, 3.63) is 65.2 Å². The molecule has 0 aliphatic rings. The van der Waals surface area contributed by atoms with Gasteiger partial charge in [-0.25, -0.2) is 0 Å². The topological polar surface area (TPSA) is 72.2 Å². The third-order valence-corrected chi connectivity index (χ3v) is 3.97.